The highest BCUT2D eigenvalue weighted by molar-refractivity contribution is 5.79. The normalized spacial score (nSPS) is 57.9. The van der Waals surface area contributed by atoms with Crippen LogP contribution in [0, 0.1) is 34.5 Å². The first-order chi connectivity index (χ1) is 10.3. The smallest absolute Gasteiger partial charge is 0.133 e. The Hall–Kier alpha value is -0.410. The fraction of sp³-hybridized carbons (Fsp3) is 0.947. The Morgan fingerprint density at radius 3 is 2.59 bits per heavy atom. The highest BCUT2D eigenvalue weighted by Crippen LogP contribution is 2.65. The number of carbonyl (C=O) groups excluding carboxylic acids is 1. The molecule has 4 fully saturated rings. The number of rotatable bonds is 0. The first kappa shape index (κ1) is 15.1. The van der Waals surface area contributed by atoms with Crippen LogP contribution < -0.4 is 0 Å². The molecule has 2 N–H and O–H groups in total. The molecule has 3 nitrogen and oxygen atoms in total. The first-order valence-corrected chi connectivity index (χ1v) is 9.21. The lowest BCUT2D eigenvalue weighted by Gasteiger charge is -2.60. The van der Waals surface area contributed by atoms with Gasteiger partial charge in [-0.2, -0.15) is 0 Å². The number of aliphatic hydroxyl groups excluding tert-OH is 2. The van der Waals surface area contributed by atoms with E-state index in [1.807, 2.05) is 0 Å². The van der Waals surface area contributed by atoms with E-state index in [0.29, 0.717) is 36.4 Å². The van der Waals surface area contributed by atoms with Gasteiger partial charge < -0.3 is 10.2 Å². The molecule has 0 radical (unpaired) electrons. The summed E-state index contributed by atoms with van der Waals surface area (Å²) in [7, 11) is 0. The van der Waals surface area contributed by atoms with Crippen LogP contribution >= 0.6 is 0 Å². The summed E-state index contributed by atoms with van der Waals surface area (Å²) in [5.74, 6) is 2.26. The van der Waals surface area contributed by atoms with Crippen molar-refractivity contribution < 1.29 is 15.0 Å². The van der Waals surface area contributed by atoms with Crippen LogP contribution in [0.3, 0.4) is 0 Å². The number of Topliss-reactive ketones (excluding diaryl/α,β-unsaturated/α-hetero) is 1. The molecule has 0 spiro atoms. The third-order valence-electron chi connectivity index (χ3n) is 8.25. The van der Waals surface area contributed by atoms with Gasteiger partial charge in [0.25, 0.3) is 0 Å². The summed E-state index contributed by atoms with van der Waals surface area (Å²) in [6.07, 6.45) is 6.92. The number of ketones is 1. The second-order valence-corrected chi connectivity index (χ2v) is 9.32. The second-order valence-electron chi connectivity index (χ2n) is 9.32. The minimum atomic E-state index is -0.324. The summed E-state index contributed by atoms with van der Waals surface area (Å²) in [5, 5.41) is 21.0. The molecule has 0 heterocycles. The quantitative estimate of drug-likeness (QED) is 0.723. The Labute approximate surface area is 133 Å². The van der Waals surface area contributed by atoms with Crippen molar-refractivity contribution in [2.24, 2.45) is 34.5 Å². The van der Waals surface area contributed by atoms with Gasteiger partial charge in [-0.15, -0.1) is 0 Å². The molecule has 4 saturated carbocycles. The minimum Gasteiger partial charge on any atom is -0.393 e. The van der Waals surface area contributed by atoms with Gasteiger partial charge in [-0.3, -0.25) is 4.79 Å². The van der Waals surface area contributed by atoms with E-state index in [9.17, 15) is 15.0 Å². The fourth-order valence-corrected chi connectivity index (χ4v) is 7.11. The molecule has 0 aromatic rings. The van der Waals surface area contributed by atoms with Gasteiger partial charge in [-0.05, 0) is 73.0 Å². The highest BCUT2D eigenvalue weighted by atomic mass is 16.3. The van der Waals surface area contributed by atoms with Gasteiger partial charge in [0.2, 0.25) is 0 Å². The molecule has 8 atom stereocenters. The zero-order valence-corrected chi connectivity index (χ0v) is 13.9. The molecular formula is C19H30O3. The van der Waals surface area contributed by atoms with E-state index in [1.165, 1.54) is 12.8 Å². The van der Waals surface area contributed by atoms with E-state index in [4.69, 9.17) is 0 Å². The Morgan fingerprint density at radius 1 is 1.05 bits per heavy atom. The fourth-order valence-electron chi connectivity index (χ4n) is 7.11. The van der Waals surface area contributed by atoms with Crippen molar-refractivity contribution in [3.63, 3.8) is 0 Å². The minimum absolute atomic E-state index is 0.130. The van der Waals surface area contributed by atoms with Crippen LogP contribution in [0.25, 0.3) is 0 Å². The number of aliphatic hydroxyl groups is 2. The molecular weight excluding hydrogens is 276 g/mol. The van der Waals surface area contributed by atoms with Gasteiger partial charge in [0.1, 0.15) is 5.78 Å². The van der Waals surface area contributed by atoms with Crippen molar-refractivity contribution in [3.8, 4) is 0 Å². The SMILES string of the molecule is C[C@]12CC[C@@H]3[C@H](C[C@H](O)[C@H]4CC(=O)CC[C@]34C)[C@@H]1C[C@H](O)C2. The third-order valence-corrected chi connectivity index (χ3v) is 8.25. The average molecular weight is 306 g/mol. The summed E-state index contributed by atoms with van der Waals surface area (Å²) >= 11 is 0. The lowest BCUT2D eigenvalue weighted by Crippen LogP contribution is -2.57. The van der Waals surface area contributed by atoms with Crippen molar-refractivity contribution in [2.45, 2.75) is 77.4 Å². The summed E-state index contributed by atoms with van der Waals surface area (Å²) < 4.78 is 0. The molecule has 0 amide bonds. The van der Waals surface area contributed by atoms with Gasteiger partial charge >= 0.3 is 0 Å². The van der Waals surface area contributed by atoms with E-state index < -0.39 is 0 Å². The van der Waals surface area contributed by atoms with Crippen LogP contribution in [0.15, 0.2) is 0 Å². The molecule has 4 aliphatic carbocycles. The predicted octanol–water partition coefficient (Wildman–Crippen LogP) is 2.93. The second kappa shape index (κ2) is 4.80. The molecule has 4 rings (SSSR count). The molecule has 0 saturated heterocycles. The zero-order chi connectivity index (χ0) is 15.7. The third kappa shape index (κ3) is 1.97. The van der Waals surface area contributed by atoms with Gasteiger partial charge in [0.05, 0.1) is 12.2 Å². The number of hydrogen-bond acceptors (Lipinski definition) is 3. The maximum absolute atomic E-state index is 11.9. The van der Waals surface area contributed by atoms with E-state index in [2.05, 4.69) is 13.8 Å². The van der Waals surface area contributed by atoms with Gasteiger partial charge in [0, 0.05) is 12.8 Å². The molecule has 0 unspecified atom stereocenters. The van der Waals surface area contributed by atoms with E-state index in [0.717, 1.165) is 25.7 Å². The monoisotopic (exact) mass is 306 g/mol. The van der Waals surface area contributed by atoms with Crippen LogP contribution in [-0.4, -0.2) is 28.2 Å². The number of hydrogen-bond donors (Lipinski definition) is 2. The average Bonchev–Trinajstić information content (AvgIpc) is 2.76. The summed E-state index contributed by atoms with van der Waals surface area (Å²) in [6, 6.07) is 0. The molecule has 0 aromatic heterocycles. The van der Waals surface area contributed by atoms with Crippen molar-refractivity contribution in [1.29, 1.82) is 0 Å². The maximum Gasteiger partial charge on any atom is 0.133 e. The Bertz CT molecular complexity index is 489. The molecule has 124 valence electrons. The molecule has 0 aliphatic heterocycles. The lowest BCUT2D eigenvalue weighted by atomic mass is 9.45. The number of fused-ring (bicyclic) bond motifs is 5. The topological polar surface area (TPSA) is 57.5 Å². The Balaban J connectivity index is 1.67. The Kier molecular flexibility index (Phi) is 3.30. The van der Waals surface area contributed by atoms with Crippen LogP contribution in [0.1, 0.15) is 65.2 Å². The zero-order valence-electron chi connectivity index (χ0n) is 13.9. The van der Waals surface area contributed by atoms with E-state index in [1.54, 1.807) is 0 Å². The summed E-state index contributed by atoms with van der Waals surface area (Å²) in [5.41, 5.74) is 0.402. The maximum atomic E-state index is 11.9. The molecule has 0 aromatic carbocycles. The van der Waals surface area contributed by atoms with E-state index >= 15 is 0 Å². The van der Waals surface area contributed by atoms with Crippen molar-refractivity contribution >= 4 is 5.78 Å². The lowest BCUT2D eigenvalue weighted by molar-refractivity contribution is -0.162. The van der Waals surface area contributed by atoms with Crippen molar-refractivity contribution in [2.75, 3.05) is 0 Å². The standard InChI is InChI=1S/C19H30O3/c1-18-5-4-14-13(15(18)8-12(21)10-18)9-17(22)16-7-11(20)3-6-19(14,16)2/h12-17,21-22H,3-10H2,1-2H3/t12-,13-,14+,15-,16+,17-,18+,19+/m0/s1. The van der Waals surface area contributed by atoms with Crippen molar-refractivity contribution in [1.82, 2.24) is 0 Å². The van der Waals surface area contributed by atoms with Gasteiger partial charge in [-0.1, -0.05) is 13.8 Å². The molecule has 0 bridgehead atoms. The van der Waals surface area contributed by atoms with E-state index in [-0.39, 0.29) is 29.0 Å². The van der Waals surface area contributed by atoms with Crippen LogP contribution in [0.4, 0.5) is 0 Å². The summed E-state index contributed by atoms with van der Waals surface area (Å²) in [4.78, 5) is 11.9. The number of carbonyl (C=O) groups is 1. The Morgan fingerprint density at radius 2 is 1.82 bits per heavy atom. The van der Waals surface area contributed by atoms with Crippen molar-refractivity contribution in [3.05, 3.63) is 0 Å². The highest BCUT2D eigenvalue weighted by Gasteiger charge is 2.61. The summed E-state index contributed by atoms with van der Waals surface area (Å²) in [6.45, 7) is 4.70. The van der Waals surface area contributed by atoms with Gasteiger partial charge in [-0.25, -0.2) is 0 Å². The largest absolute Gasteiger partial charge is 0.393 e. The van der Waals surface area contributed by atoms with Crippen LogP contribution in [0.2, 0.25) is 0 Å². The molecule has 4 aliphatic rings. The van der Waals surface area contributed by atoms with Crippen LogP contribution in [-0.2, 0) is 4.79 Å². The first-order valence-electron chi connectivity index (χ1n) is 9.21. The predicted molar refractivity (Wildman–Crippen MR) is 84.1 cm³/mol. The van der Waals surface area contributed by atoms with Crippen LogP contribution in [0.5, 0.6) is 0 Å². The molecule has 22 heavy (non-hydrogen) atoms. The molecule has 3 heteroatoms. The van der Waals surface area contributed by atoms with Gasteiger partial charge in [0.15, 0.2) is 0 Å².